The van der Waals surface area contributed by atoms with Crippen LogP contribution < -0.4 is 10.6 Å². The Kier molecular flexibility index (Phi) is 6.94. The molecule has 0 radical (unpaired) electrons. The van der Waals surface area contributed by atoms with Gasteiger partial charge in [-0.1, -0.05) is 30.3 Å². The molecule has 2 heterocycles. The maximum Gasteiger partial charge on any atom is 0.220 e. The van der Waals surface area contributed by atoms with Crippen molar-refractivity contribution in [2.75, 3.05) is 18.4 Å². The van der Waals surface area contributed by atoms with Crippen LogP contribution in [0.3, 0.4) is 0 Å². The van der Waals surface area contributed by atoms with Crippen LogP contribution in [-0.4, -0.2) is 39.0 Å². The summed E-state index contributed by atoms with van der Waals surface area (Å²) in [5, 5.41) is 19.0. The SMILES string of the molecule is Cc1nn(-c2ccc(NCCNC(=O)CCCc3ccccc3)nn2)c(C)c1C. The van der Waals surface area contributed by atoms with Gasteiger partial charge in [0.25, 0.3) is 0 Å². The predicted molar refractivity (Wildman–Crippen MR) is 114 cm³/mol. The summed E-state index contributed by atoms with van der Waals surface area (Å²) in [5.41, 5.74) is 4.48. The molecule has 0 atom stereocenters. The molecule has 2 aromatic heterocycles. The number of nitrogens with one attached hydrogen (secondary N) is 2. The van der Waals surface area contributed by atoms with Crippen LogP contribution in [0.2, 0.25) is 0 Å². The van der Waals surface area contributed by atoms with Crippen molar-refractivity contribution in [3.8, 4) is 5.82 Å². The number of hydrogen-bond donors (Lipinski definition) is 2. The van der Waals surface area contributed by atoms with Crippen LogP contribution in [0.4, 0.5) is 5.82 Å². The zero-order valence-corrected chi connectivity index (χ0v) is 17.3. The first-order chi connectivity index (χ1) is 14.0. The first-order valence-electron chi connectivity index (χ1n) is 9.96. The Balaban J connectivity index is 1.37. The number of aryl methyl sites for hydroxylation is 2. The van der Waals surface area contributed by atoms with Gasteiger partial charge in [-0.3, -0.25) is 4.79 Å². The van der Waals surface area contributed by atoms with E-state index in [0.717, 1.165) is 29.8 Å². The lowest BCUT2D eigenvalue weighted by molar-refractivity contribution is -0.121. The molecule has 3 rings (SSSR count). The molecule has 0 saturated carbocycles. The van der Waals surface area contributed by atoms with Gasteiger partial charge in [-0.25, -0.2) is 4.68 Å². The molecule has 0 bridgehead atoms. The van der Waals surface area contributed by atoms with E-state index in [1.54, 1.807) is 4.68 Å². The van der Waals surface area contributed by atoms with Crippen LogP contribution in [0.1, 0.15) is 35.4 Å². The van der Waals surface area contributed by atoms with Crippen molar-refractivity contribution >= 4 is 11.7 Å². The Bertz CT molecular complexity index is 934. The molecule has 0 spiro atoms. The van der Waals surface area contributed by atoms with E-state index >= 15 is 0 Å². The third-order valence-electron chi connectivity index (χ3n) is 4.99. The fourth-order valence-corrected chi connectivity index (χ4v) is 3.05. The van der Waals surface area contributed by atoms with Crippen molar-refractivity contribution in [2.45, 2.75) is 40.0 Å². The summed E-state index contributed by atoms with van der Waals surface area (Å²) in [6, 6.07) is 14.0. The maximum absolute atomic E-state index is 11.9. The van der Waals surface area contributed by atoms with Crippen molar-refractivity contribution in [1.82, 2.24) is 25.3 Å². The van der Waals surface area contributed by atoms with Crippen LogP contribution in [0.5, 0.6) is 0 Å². The molecule has 2 N–H and O–H groups in total. The van der Waals surface area contributed by atoms with Crippen LogP contribution in [0.25, 0.3) is 5.82 Å². The summed E-state index contributed by atoms with van der Waals surface area (Å²) in [4.78, 5) is 11.9. The van der Waals surface area contributed by atoms with Gasteiger partial charge < -0.3 is 10.6 Å². The summed E-state index contributed by atoms with van der Waals surface area (Å²) < 4.78 is 1.80. The predicted octanol–water partition coefficient (Wildman–Crippen LogP) is 3.14. The van der Waals surface area contributed by atoms with Crippen LogP contribution in [0.15, 0.2) is 42.5 Å². The van der Waals surface area contributed by atoms with Crippen molar-refractivity contribution in [3.63, 3.8) is 0 Å². The highest BCUT2D eigenvalue weighted by Gasteiger charge is 2.10. The summed E-state index contributed by atoms with van der Waals surface area (Å²) in [5.74, 6) is 1.44. The summed E-state index contributed by atoms with van der Waals surface area (Å²) in [6.07, 6.45) is 2.30. The second kappa shape index (κ2) is 9.82. The van der Waals surface area contributed by atoms with Gasteiger partial charge in [0.1, 0.15) is 5.82 Å². The van der Waals surface area contributed by atoms with Crippen molar-refractivity contribution in [1.29, 1.82) is 0 Å². The van der Waals surface area contributed by atoms with Crippen molar-refractivity contribution < 1.29 is 4.79 Å². The molecule has 0 saturated heterocycles. The van der Waals surface area contributed by atoms with Gasteiger partial charge in [0.05, 0.1) is 5.69 Å². The highest BCUT2D eigenvalue weighted by molar-refractivity contribution is 5.75. The number of carbonyl (C=O) groups excluding carboxylic acids is 1. The Morgan fingerprint density at radius 3 is 2.45 bits per heavy atom. The van der Waals surface area contributed by atoms with Crippen molar-refractivity contribution in [3.05, 3.63) is 65.0 Å². The summed E-state index contributed by atoms with van der Waals surface area (Å²) in [7, 11) is 0. The van der Waals surface area contributed by atoms with Gasteiger partial charge in [-0.05, 0) is 56.9 Å². The largest absolute Gasteiger partial charge is 0.367 e. The minimum atomic E-state index is 0.0732. The van der Waals surface area contributed by atoms with Crippen LogP contribution in [0, 0.1) is 20.8 Å². The van der Waals surface area contributed by atoms with E-state index in [1.165, 1.54) is 5.56 Å². The Labute approximate surface area is 171 Å². The van der Waals surface area contributed by atoms with Gasteiger partial charge in [0, 0.05) is 25.2 Å². The minimum Gasteiger partial charge on any atom is -0.367 e. The molecule has 1 amide bonds. The first kappa shape index (κ1) is 20.5. The molecular formula is C22H28N6O. The molecule has 1 aromatic carbocycles. The lowest BCUT2D eigenvalue weighted by Gasteiger charge is -2.08. The van der Waals surface area contributed by atoms with E-state index in [-0.39, 0.29) is 5.91 Å². The van der Waals surface area contributed by atoms with E-state index in [9.17, 15) is 4.79 Å². The monoisotopic (exact) mass is 392 g/mol. The molecule has 0 fully saturated rings. The second-order valence-corrected chi connectivity index (χ2v) is 7.10. The molecule has 0 unspecified atom stereocenters. The highest BCUT2D eigenvalue weighted by atomic mass is 16.1. The second-order valence-electron chi connectivity index (χ2n) is 7.10. The van der Waals surface area contributed by atoms with Crippen molar-refractivity contribution in [2.24, 2.45) is 0 Å². The van der Waals surface area contributed by atoms with E-state index in [2.05, 4.69) is 38.1 Å². The number of hydrogen-bond acceptors (Lipinski definition) is 5. The normalized spacial score (nSPS) is 10.7. The number of rotatable bonds is 9. The van der Waals surface area contributed by atoms with Gasteiger partial charge in [-0.2, -0.15) is 5.10 Å². The van der Waals surface area contributed by atoms with Crippen LogP contribution >= 0.6 is 0 Å². The molecule has 29 heavy (non-hydrogen) atoms. The summed E-state index contributed by atoms with van der Waals surface area (Å²) >= 11 is 0. The lowest BCUT2D eigenvalue weighted by atomic mass is 10.1. The third-order valence-corrected chi connectivity index (χ3v) is 4.99. The van der Waals surface area contributed by atoms with Gasteiger partial charge >= 0.3 is 0 Å². The van der Waals surface area contributed by atoms with Gasteiger partial charge in [-0.15, -0.1) is 10.2 Å². The molecule has 7 nitrogen and oxygen atoms in total. The van der Waals surface area contributed by atoms with Crippen LogP contribution in [-0.2, 0) is 11.2 Å². The van der Waals surface area contributed by atoms with E-state index in [1.807, 2.05) is 51.1 Å². The zero-order valence-electron chi connectivity index (χ0n) is 17.3. The van der Waals surface area contributed by atoms with Gasteiger partial charge in [0.2, 0.25) is 5.91 Å². The first-order valence-corrected chi connectivity index (χ1v) is 9.96. The standard InChI is InChI=1S/C22H28N6O/c1-16-17(2)27-28(18(16)3)21-13-12-20(25-26-21)23-14-15-24-22(29)11-7-10-19-8-5-4-6-9-19/h4-6,8-9,12-13H,7,10-11,14-15H2,1-3H3,(H,23,25)(H,24,29). The average Bonchev–Trinajstić information content (AvgIpc) is 3.00. The minimum absolute atomic E-state index is 0.0732. The molecule has 152 valence electrons. The fraction of sp³-hybridized carbons (Fsp3) is 0.364. The topological polar surface area (TPSA) is 84.7 Å². The molecule has 0 aliphatic carbocycles. The number of anilines is 1. The molecular weight excluding hydrogens is 364 g/mol. The fourth-order valence-electron chi connectivity index (χ4n) is 3.05. The Morgan fingerprint density at radius 2 is 1.79 bits per heavy atom. The van der Waals surface area contributed by atoms with E-state index in [4.69, 9.17) is 0 Å². The number of nitrogens with zero attached hydrogens (tertiary/aromatic N) is 4. The number of amides is 1. The van der Waals surface area contributed by atoms with E-state index in [0.29, 0.717) is 31.1 Å². The molecule has 0 aliphatic rings. The molecule has 7 heteroatoms. The number of aromatic nitrogens is 4. The molecule has 3 aromatic rings. The molecule has 0 aliphatic heterocycles. The van der Waals surface area contributed by atoms with E-state index < -0.39 is 0 Å². The van der Waals surface area contributed by atoms with Gasteiger partial charge in [0.15, 0.2) is 5.82 Å². The highest BCUT2D eigenvalue weighted by Crippen LogP contribution is 2.15. The Hall–Kier alpha value is -3.22. The maximum atomic E-state index is 11.9. The smallest absolute Gasteiger partial charge is 0.220 e. The number of carbonyl (C=O) groups is 1. The lowest BCUT2D eigenvalue weighted by Crippen LogP contribution is -2.28. The summed E-state index contributed by atoms with van der Waals surface area (Å²) in [6.45, 7) is 7.19. The average molecular weight is 393 g/mol. The quantitative estimate of drug-likeness (QED) is 0.547. The Morgan fingerprint density at radius 1 is 1.00 bits per heavy atom. The third kappa shape index (κ3) is 5.63. The number of benzene rings is 1. The zero-order chi connectivity index (χ0) is 20.6.